The van der Waals surface area contributed by atoms with Gasteiger partial charge < -0.3 is 5.11 Å². The molecule has 1 amide bonds. The molecule has 5 nitrogen and oxygen atoms in total. The SMILES string of the molecule is N#Cc1ccc(N2C(=O)C(=O)/C(=C(\O)c3ccc4c(c3)CCCC4)C2c2cccs2)cc1. The minimum Gasteiger partial charge on any atom is -0.507 e. The Labute approximate surface area is 189 Å². The molecule has 1 unspecified atom stereocenters. The van der Waals surface area contributed by atoms with E-state index < -0.39 is 17.7 Å². The summed E-state index contributed by atoms with van der Waals surface area (Å²) in [7, 11) is 0. The lowest BCUT2D eigenvalue weighted by atomic mass is 9.89. The molecule has 2 aliphatic rings. The molecule has 1 fully saturated rings. The van der Waals surface area contributed by atoms with Crippen LogP contribution in [0, 0.1) is 11.3 Å². The Balaban J connectivity index is 1.66. The van der Waals surface area contributed by atoms with Gasteiger partial charge in [0.1, 0.15) is 11.8 Å². The first-order valence-corrected chi connectivity index (χ1v) is 11.4. The lowest BCUT2D eigenvalue weighted by molar-refractivity contribution is -0.132. The molecule has 0 saturated carbocycles. The van der Waals surface area contributed by atoms with Gasteiger partial charge in [-0.15, -0.1) is 11.3 Å². The van der Waals surface area contributed by atoms with Gasteiger partial charge in [-0.05, 0) is 78.6 Å². The number of Topliss-reactive ketones (excluding diaryl/α,β-unsaturated/α-hetero) is 1. The van der Waals surface area contributed by atoms with Gasteiger partial charge in [-0.1, -0.05) is 18.2 Å². The highest BCUT2D eigenvalue weighted by Crippen LogP contribution is 2.43. The van der Waals surface area contributed by atoms with Gasteiger partial charge in [0.05, 0.1) is 17.2 Å². The smallest absolute Gasteiger partial charge is 0.300 e. The average Bonchev–Trinajstić information content (AvgIpc) is 3.45. The summed E-state index contributed by atoms with van der Waals surface area (Å²) in [6.07, 6.45) is 4.24. The molecule has 32 heavy (non-hydrogen) atoms. The van der Waals surface area contributed by atoms with E-state index in [1.165, 1.54) is 27.4 Å². The van der Waals surface area contributed by atoms with Crippen molar-refractivity contribution in [2.24, 2.45) is 0 Å². The standard InChI is InChI=1S/C26H20N2O3S/c27-15-16-7-11-20(12-8-16)28-23(21-6-3-13-32-21)22(25(30)26(28)31)24(29)19-10-9-17-4-1-2-5-18(17)14-19/h3,6-14,23,29H,1-2,4-5H2/b24-22-. The lowest BCUT2D eigenvalue weighted by Crippen LogP contribution is -2.29. The second-order valence-corrected chi connectivity index (χ2v) is 9.01. The first kappa shape index (κ1) is 20.2. The number of carbonyl (C=O) groups is 2. The second kappa shape index (κ2) is 8.10. The van der Waals surface area contributed by atoms with Crippen LogP contribution in [-0.2, 0) is 22.4 Å². The van der Waals surface area contributed by atoms with Crippen molar-refractivity contribution in [1.82, 2.24) is 0 Å². The quantitative estimate of drug-likeness (QED) is 0.348. The zero-order valence-electron chi connectivity index (χ0n) is 17.2. The number of aliphatic hydroxyl groups is 1. The highest BCUT2D eigenvalue weighted by atomic mass is 32.1. The maximum atomic E-state index is 13.2. The molecule has 0 spiro atoms. The van der Waals surface area contributed by atoms with Crippen LogP contribution in [0.25, 0.3) is 5.76 Å². The molecule has 1 N–H and O–H groups in total. The number of carbonyl (C=O) groups excluding carboxylic acids is 2. The van der Waals surface area contributed by atoms with Gasteiger partial charge in [0.2, 0.25) is 0 Å². The van der Waals surface area contributed by atoms with Gasteiger partial charge in [-0.25, -0.2) is 0 Å². The zero-order valence-corrected chi connectivity index (χ0v) is 18.1. The number of aliphatic hydroxyl groups excluding tert-OH is 1. The van der Waals surface area contributed by atoms with Crippen LogP contribution in [-0.4, -0.2) is 16.8 Å². The van der Waals surface area contributed by atoms with Crippen LogP contribution < -0.4 is 4.90 Å². The van der Waals surface area contributed by atoms with E-state index >= 15 is 0 Å². The van der Waals surface area contributed by atoms with Gasteiger partial charge in [0.15, 0.2) is 0 Å². The maximum Gasteiger partial charge on any atom is 0.300 e. The van der Waals surface area contributed by atoms with Crippen molar-refractivity contribution in [3.8, 4) is 6.07 Å². The molecule has 1 aromatic heterocycles. The summed E-state index contributed by atoms with van der Waals surface area (Å²) in [5.74, 6) is -1.54. The molecule has 1 aliphatic heterocycles. The Bertz CT molecular complexity index is 1280. The monoisotopic (exact) mass is 440 g/mol. The molecule has 6 heteroatoms. The van der Waals surface area contributed by atoms with Crippen LogP contribution in [0.4, 0.5) is 5.69 Å². The van der Waals surface area contributed by atoms with Crippen molar-refractivity contribution in [2.45, 2.75) is 31.7 Å². The first-order chi connectivity index (χ1) is 15.6. The third kappa shape index (κ3) is 3.31. The van der Waals surface area contributed by atoms with Crippen LogP contribution in [0.15, 0.2) is 65.6 Å². The number of hydrogen-bond donors (Lipinski definition) is 1. The third-order valence-corrected chi connectivity index (χ3v) is 7.08. The number of aryl methyl sites for hydroxylation is 2. The van der Waals surface area contributed by atoms with Crippen LogP contribution in [0.2, 0.25) is 0 Å². The van der Waals surface area contributed by atoms with Crippen molar-refractivity contribution in [3.05, 3.63) is 92.7 Å². The number of nitrogens with zero attached hydrogens (tertiary/aromatic N) is 2. The summed E-state index contributed by atoms with van der Waals surface area (Å²) in [4.78, 5) is 28.5. The van der Waals surface area contributed by atoms with Crippen LogP contribution in [0.1, 0.15) is 46.0 Å². The number of anilines is 1. The van der Waals surface area contributed by atoms with Gasteiger partial charge in [-0.3, -0.25) is 14.5 Å². The number of hydrogen-bond acceptors (Lipinski definition) is 5. The fourth-order valence-electron chi connectivity index (χ4n) is 4.55. The van der Waals surface area contributed by atoms with Crippen LogP contribution >= 0.6 is 11.3 Å². The fourth-order valence-corrected chi connectivity index (χ4v) is 5.37. The minimum atomic E-state index is -0.723. The molecule has 0 radical (unpaired) electrons. The Kier molecular flexibility index (Phi) is 5.12. The number of benzene rings is 2. The Morgan fingerprint density at radius 1 is 1.03 bits per heavy atom. The summed E-state index contributed by atoms with van der Waals surface area (Å²) in [6.45, 7) is 0. The topological polar surface area (TPSA) is 81.4 Å². The highest BCUT2D eigenvalue weighted by molar-refractivity contribution is 7.10. The van der Waals surface area contributed by atoms with Gasteiger partial charge in [-0.2, -0.15) is 5.26 Å². The van der Waals surface area contributed by atoms with Crippen molar-refractivity contribution in [3.63, 3.8) is 0 Å². The number of thiophene rings is 1. The summed E-state index contributed by atoms with van der Waals surface area (Å²) >= 11 is 1.43. The molecular weight excluding hydrogens is 420 g/mol. The van der Waals surface area contributed by atoms with Crippen molar-refractivity contribution >= 4 is 34.5 Å². The average molecular weight is 441 g/mol. The Hall–Kier alpha value is -3.69. The third-order valence-electron chi connectivity index (χ3n) is 6.15. The van der Waals surface area contributed by atoms with E-state index in [0.717, 1.165) is 30.6 Å². The van der Waals surface area contributed by atoms with Crippen molar-refractivity contribution in [2.75, 3.05) is 4.90 Å². The van der Waals surface area contributed by atoms with E-state index in [4.69, 9.17) is 5.26 Å². The number of rotatable bonds is 3. The predicted octanol–water partition coefficient (Wildman–Crippen LogP) is 5.12. The van der Waals surface area contributed by atoms with Crippen LogP contribution in [0.3, 0.4) is 0 Å². The first-order valence-electron chi connectivity index (χ1n) is 10.5. The Morgan fingerprint density at radius 2 is 1.78 bits per heavy atom. The van der Waals surface area contributed by atoms with E-state index in [1.54, 1.807) is 24.3 Å². The van der Waals surface area contributed by atoms with Crippen molar-refractivity contribution < 1.29 is 14.7 Å². The number of amides is 1. The molecule has 1 atom stereocenters. The predicted molar refractivity (Wildman–Crippen MR) is 123 cm³/mol. The number of nitriles is 1. The van der Waals surface area contributed by atoms with E-state index in [2.05, 4.69) is 6.07 Å². The molecular formula is C26H20N2O3S. The molecule has 0 bridgehead atoms. The normalized spacial score (nSPS) is 19.6. The summed E-state index contributed by atoms with van der Waals surface area (Å²) < 4.78 is 0. The van der Waals surface area contributed by atoms with Gasteiger partial charge in [0.25, 0.3) is 11.7 Å². The highest BCUT2D eigenvalue weighted by Gasteiger charge is 2.47. The zero-order chi connectivity index (χ0) is 22.2. The van der Waals surface area contributed by atoms with E-state index in [1.807, 2.05) is 35.7 Å². The number of ketones is 1. The van der Waals surface area contributed by atoms with Crippen LogP contribution in [0.5, 0.6) is 0 Å². The largest absolute Gasteiger partial charge is 0.507 e. The second-order valence-electron chi connectivity index (χ2n) is 8.03. The maximum absolute atomic E-state index is 13.2. The molecule has 2 aromatic carbocycles. The van der Waals surface area contributed by atoms with Crippen molar-refractivity contribution in [1.29, 1.82) is 5.26 Å². The van der Waals surface area contributed by atoms with E-state index in [0.29, 0.717) is 16.8 Å². The number of fused-ring (bicyclic) bond motifs is 1. The van der Waals surface area contributed by atoms with E-state index in [-0.39, 0.29) is 11.3 Å². The lowest BCUT2D eigenvalue weighted by Gasteiger charge is -2.24. The molecule has 1 saturated heterocycles. The Morgan fingerprint density at radius 3 is 2.47 bits per heavy atom. The molecule has 158 valence electrons. The molecule has 3 aromatic rings. The van der Waals surface area contributed by atoms with Gasteiger partial charge >= 0.3 is 0 Å². The molecule has 5 rings (SSSR count). The molecule has 2 heterocycles. The summed E-state index contributed by atoms with van der Waals surface area (Å²) in [5.41, 5.74) is 4.10. The minimum absolute atomic E-state index is 0.0950. The summed E-state index contributed by atoms with van der Waals surface area (Å²) in [5, 5.41) is 22.2. The van der Waals surface area contributed by atoms with E-state index in [9.17, 15) is 14.7 Å². The summed E-state index contributed by atoms with van der Waals surface area (Å²) in [6, 6.07) is 17.4. The van der Waals surface area contributed by atoms with Gasteiger partial charge in [0, 0.05) is 16.1 Å². The fraction of sp³-hybridized carbons (Fsp3) is 0.192. The molecule has 1 aliphatic carbocycles.